The Morgan fingerprint density at radius 3 is 2.65 bits per heavy atom. The predicted octanol–water partition coefficient (Wildman–Crippen LogP) is 2.12. The number of fused-ring (bicyclic) bond motifs is 1. The first-order chi connectivity index (χ1) is 12.5. The Balaban J connectivity index is 1.66. The molecule has 2 atom stereocenters. The molecule has 0 aromatic heterocycles. The molecule has 1 fully saturated rings. The van der Waals surface area contributed by atoms with Crippen molar-refractivity contribution in [2.24, 2.45) is 0 Å². The number of hydrogen-bond donors (Lipinski definition) is 1. The van der Waals surface area contributed by atoms with Gasteiger partial charge in [-0.05, 0) is 49.4 Å². The van der Waals surface area contributed by atoms with Crippen LogP contribution < -0.4 is 4.74 Å². The zero-order chi connectivity index (χ0) is 18.7. The van der Waals surface area contributed by atoms with Crippen molar-refractivity contribution in [3.05, 3.63) is 29.3 Å². The number of piperazine rings is 1. The predicted molar refractivity (Wildman–Crippen MR) is 98.5 cm³/mol. The minimum absolute atomic E-state index is 0.00409. The summed E-state index contributed by atoms with van der Waals surface area (Å²) < 4.78 is 5.35. The van der Waals surface area contributed by atoms with E-state index < -0.39 is 5.97 Å². The van der Waals surface area contributed by atoms with Crippen LogP contribution in [-0.4, -0.2) is 66.1 Å². The largest absolute Gasteiger partial charge is 0.497 e. The zero-order valence-electron chi connectivity index (χ0n) is 15.6. The van der Waals surface area contributed by atoms with Crippen molar-refractivity contribution in [1.82, 2.24) is 9.80 Å². The summed E-state index contributed by atoms with van der Waals surface area (Å²) in [4.78, 5) is 28.2. The average Bonchev–Trinajstić information content (AvgIpc) is 2.66. The fourth-order valence-electron chi connectivity index (χ4n) is 4.15. The maximum absolute atomic E-state index is 13.1. The van der Waals surface area contributed by atoms with Gasteiger partial charge in [0.2, 0.25) is 5.91 Å². The normalized spacial score (nSPS) is 21.8. The quantitative estimate of drug-likeness (QED) is 0.871. The third-order valence-corrected chi connectivity index (χ3v) is 5.68. The van der Waals surface area contributed by atoms with Crippen LogP contribution in [0, 0.1) is 0 Å². The summed E-state index contributed by atoms with van der Waals surface area (Å²) in [6, 6.07) is 6.07. The molecular weight excluding hydrogens is 332 g/mol. The molecule has 0 bridgehead atoms. The van der Waals surface area contributed by atoms with Gasteiger partial charge < -0.3 is 14.7 Å². The van der Waals surface area contributed by atoms with Gasteiger partial charge >= 0.3 is 5.97 Å². The fourth-order valence-corrected chi connectivity index (χ4v) is 4.15. The molecule has 142 valence electrons. The molecule has 1 aliphatic carbocycles. The maximum Gasteiger partial charge on any atom is 0.304 e. The summed E-state index contributed by atoms with van der Waals surface area (Å²) in [6.45, 7) is 4.74. The van der Waals surface area contributed by atoms with E-state index in [9.17, 15) is 9.59 Å². The number of carbonyl (C=O) groups is 2. The van der Waals surface area contributed by atoms with Crippen molar-refractivity contribution in [3.63, 3.8) is 0 Å². The first-order valence-electron chi connectivity index (χ1n) is 9.41. The van der Waals surface area contributed by atoms with Crippen LogP contribution in [0.3, 0.4) is 0 Å². The Labute approximate surface area is 154 Å². The lowest BCUT2D eigenvalue weighted by molar-refractivity contribution is -0.140. The van der Waals surface area contributed by atoms with Crippen molar-refractivity contribution < 1.29 is 19.4 Å². The highest BCUT2D eigenvalue weighted by Crippen LogP contribution is 2.35. The minimum atomic E-state index is -0.774. The highest BCUT2D eigenvalue weighted by Gasteiger charge is 2.32. The number of carbonyl (C=O) groups excluding carboxylic acids is 1. The molecule has 2 aliphatic rings. The molecule has 1 aromatic rings. The standard InChI is InChI=1S/C20H28N2O4/c1-14(12-19(23)24)21-8-10-22(11-9-21)20(25)17-5-3-4-15-6-7-16(26-2)13-18(15)17/h6-7,13-14,17H,3-5,8-12H2,1-2H3,(H,23,24). The number of ether oxygens (including phenoxy) is 1. The van der Waals surface area contributed by atoms with Gasteiger partial charge in [0, 0.05) is 32.2 Å². The highest BCUT2D eigenvalue weighted by molar-refractivity contribution is 5.84. The number of carboxylic acids is 1. The van der Waals surface area contributed by atoms with E-state index in [4.69, 9.17) is 9.84 Å². The van der Waals surface area contributed by atoms with Crippen LogP contribution in [-0.2, 0) is 16.0 Å². The summed E-state index contributed by atoms with van der Waals surface area (Å²) in [7, 11) is 1.65. The van der Waals surface area contributed by atoms with Gasteiger partial charge in [0.15, 0.2) is 0 Å². The van der Waals surface area contributed by atoms with Crippen molar-refractivity contribution in [2.45, 2.75) is 44.6 Å². The van der Waals surface area contributed by atoms with Crippen molar-refractivity contribution in [1.29, 1.82) is 0 Å². The van der Waals surface area contributed by atoms with Gasteiger partial charge in [0.25, 0.3) is 0 Å². The van der Waals surface area contributed by atoms with Crippen LogP contribution >= 0.6 is 0 Å². The smallest absolute Gasteiger partial charge is 0.304 e. The van der Waals surface area contributed by atoms with Gasteiger partial charge in [0.1, 0.15) is 5.75 Å². The second-order valence-electron chi connectivity index (χ2n) is 7.32. The van der Waals surface area contributed by atoms with Crippen LogP contribution in [0.4, 0.5) is 0 Å². The zero-order valence-corrected chi connectivity index (χ0v) is 15.6. The molecule has 6 heteroatoms. The number of amides is 1. The third kappa shape index (κ3) is 4.01. The van der Waals surface area contributed by atoms with E-state index in [0.717, 1.165) is 43.7 Å². The topological polar surface area (TPSA) is 70.1 Å². The summed E-state index contributed by atoms with van der Waals surface area (Å²) >= 11 is 0. The summed E-state index contributed by atoms with van der Waals surface area (Å²) in [5, 5.41) is 8.96. The highest BCUT2D eigenvalue weighted by atomic mass is 16.5. The number of rotatable bonds is 5. The maximum atomic E-state index is 13.1. The van der Waals surface area contributed by atoms with Gasteiger partial charge in [-0.25, -0.2) is 0 Å². The lowest BCUT2D eigenvalue weighted by Gasteiger charge is -2.39. The number of benzene rings is 1. The monoisotopic (exact) mass is 360 g/mol. The molecule has 1 amide bonds. The van der Waals surface area contributed by atoms with Crippen LogP contribution in [0.5, 0.6) is 5.75 Å². The van der Waals surface area contributed by atoms with Gasteiger partial charge in [-0.3, -0.25) is 14.5 Å². The number of methoxy groups -OCH3 is 1. The molecule has 0 radical (unpaired) electrons. The molecular formula is C20H28N2O4. The molecule has 1 aliphatic heterocycles. The van der Waals surface area contributed by atoms with E-state index in [1.165, 1.54) is 5.56 Å². The Morgan fingerprint density at radius 1 is 1.27 bits per heavy atom. The Bertz CT molecular complexity index is 668. The third-order valence-electron chi connectivity index (χ3n) is 5.68. The first-order valence-corrected chi connectivity index (χ1v) is 9.41. The fraction of sp³-hybridized carbons (Fsp3) is 0.600. The number of hydrogen-bond acceptors (Lipinski definition) is 4. The number of carboxylic acid groups (broad SMARTS) is 1. The molecule has 2 unspecified atom stereocenters. The summed E-state index contributed by atoms with van der Waals surface area (Å²) in [6.07, 6.45) is 3.08. The Morgan fingerprint density at radius 2 is 2.00 bits per heavy atom. The SMILES string of the molecule is COc1ccc2c(c1)C(C(=O)N1CCN(C(C)CC(=O)O)CC1)CCC2. The first kappa shape index (κ1) is 18.7. The average molecular weight is 360 g/mol. The molecule has 6 nitrogen and oxygen atoms in total. The Hall–Kier alpha value is -2.08. The van der Waals surface area contributed by atoms with Crippen molar-refractivity contribution >= 4 is 11.9 Å². The second kappa shape index (κ2) is 8.08. The molecule has 1 heterocycles. The van der Waals surface area contributed by atoms with E-state index in [-0.39, 0.29) is 24.3 Å². The van der Waals surface area contributed by atoms with Gasteiger partial charge in [0.05, 0.1) is 19.4 Å². The number of nitrogens with zero attached hydrogens (tertiary/aromatic N) is 2. The van der Waals surface area contributed by atoms with E-state index in [1.54, 1.807) is 7.11 Å². The van der Waals surface area contributed by atoms with Crippen LogP contribution in [0.15, 0.2) is 18.2 Å². The van der Waals surface area contributed by atoms with Gasteiger partial charge in [-0.2, -0.15) is 0 Å². The van der Waals surface area contributed by atoms with E-state index >= 15 is 0 Å². The van der Waals surface area contributed by atoms with E-state index in [0.29, 0.717) is 13.1 Å². The summed E-state index contributed by atoms with van der Waals surface area (Å²) in [5.41, 5.74) is 2.37. The molecule has 3 rings (SSSR count). The lowest BCUT2D eigenvalue weighted by atomic mass is 9.81. The molecule has 1 saturated heterocycles. The lowest BCUT2D eigenvalue weighted by Crippen LogP contribution is -2.52. The van der Waals surface area contributed by atoms with Gasteiger partial charge in [-0.1, -0.05) is 6.07 Å². The molecule has 26 heavy (non-hydrogen) atoms. The van der Waals surface area contributed by atoms with Crippen molar-refractivity contribution in [2.75, 3.05) is 33.3 Å². The van der Waals surface area contributed by atoms with Crippen LogP contribution in [0.25, 0.3) is 0 Å². The number of aryl methyl sites for hydroxylation is 1. The van der Waals surface area contributed by atoms with E-state index in [2.05, 4.69) is 11.0 Å². The second-order valence-corrected chi connectivity index (χ2v) is 7.32. The Kier molecular flexibility index (Phi) is 5.81. The van der Waals surface area contributed by atoms with Crippen LogP contribution in [0.1, 0.15) is 43.2 Å². The summed E-state index contributed by atoms with van der Waals surface area (Å²) in [5.74, 6) is 0.140. The van der Waals surface area contributed by atoms with Crippen LogP contribution in [0.2, 0.25) is 0 Å². The molecule has 0 saturated carbocycles. The molecule has 0 spiro atoms. The number of aliphatic carboxylic acids is 1. The van der Waals surface area contributed by atoms with Crippen molar-refractivity contribution in [3.8, 4) is 5.75 Å². The van der Waals surface area contributed by atoms with Gasteiger partial charge in [-0.15, -0.1) is 0 Å². The minimum Gasteiger partial charge on any atom is -0.497 e. The molecule has 1 N–H and O–H groups in total. The molecule has 1 aromatic carbocycles. The van der Waals surface area contributed by atoms with E-state index in [1.807, 2.05) is 24.0 Å².